The van der Waals surface area contributed by atoms with Crippen molar-refractivity contribution in [3.8, 4) is 0 Å². The van der Waals surface area contributed by atoms with Gasteiger partial charge in [-0.2, -0.15) is 0 Å². The highest BCUT2D eigenvalue weighted by atomic mass is 31.2. The molecular formula is C75H143NO8P+. The lowest BCUT2D eigenvalue weighted by Gasteiger charge is -2.24. The molecule has 2 atom stereocenters. The van der Waals surface area contributed by atoms with Gasteiger partial charge in [0.25, 0.3) is 0 Å². The predicted molar refractivity (Wildman–Crippen MR) is 367 cm³/mol. The summed E-state index contributed by atoms with van der Waals surface area (Å²) < 4.78 is 34.8. The standard InChI is InChI=1S/C75H142NO8P/c1-6-8-10-12-14-16-18-20-22-24-26-28-30-31-32-33-34-35-36-37-38-39-40-41-42-43-44-45-46-48-50-52-54-56-58-60-62-64-66-68-75(78)84-73(72-83-85(79,80)82-70-69-76(3,4)5)71-81-74(77)67-65-63-61-59-57-55-53-51-49-47-29-27-25-23-21-19-17-15-13-11-9-7-2/h8,10,14,16,20,22,26,28,73H,6-7,9,11-13,15,17-19,21,23-25,27,29-72H2,1-5H3/p+1/b10-8-,16-14-,22-20-,28-26-. The molecule has 0 heterocycles. The summed E-state index contributed by atoms with van der Waals surface area (Å²) in [6.07, 6.45) is 86.7. The third kappa shape index (κ3) is 70.9. The first kappa shape index (κ1) is 83.0. The SMILES string of the molecule is CC/C=C\C/C=C\C/C=C\C/C=C\CCCCCCCCCCCCCCCCCCCCCCCCCCCCC(=O)OC(COC(=O)CCCCCCCCCCCCCCCCCCCCCCCC)COP(=O)(O)OCC[N+](C)(C)C. The summed E-state index contributed by atoms with van der Waals surface area (Å²) in [5.41, 5.74) is 0. The Morgan fingerprint density at radius 1 is 0.376 bits per heavy atom. The van der Waals surface area contributed by atoms with Gasteiger partial charge in [0.1, 0.15) is 19.8 Å². The summed E-state index contributed by atoms with van der Waals surface area (Å²) in [6.45, 7) is 4.40. The third-order valence-corrected chi connectivity index (χ3v) is 17.6. The van der Waals surface area contributed by atoms with Gasteiger partial charge in [-0.3, -0.25) is 18.6 Å². The highest BCUT2D eigenvalue weighted by molar-refractivity contribution is 7.47. The van der Waals surface area contributed by atoms with E-state index in [4.69, 9.17) is 18.5 Å². The van der Waals surface area contributed by atoms with Crippen molar-refractivity contribution in [3.05, 3.63) is 48.6 Å². The molecule has 0 fully saturated rings. The Kier molecular flexibility index (Phi) is 64.8. The van der Waals surface area contributed by atoms with Crippen molar-refractivity contribution in [2.45, 2.75) is 373 Å². The van der Waals surface area contributed by atoms with E-state index in [1.54, 1.807) is 0 Å². The Hall–Kier alpha value is -2.03. The van der Waals surface area contributed by atoms with Gasteiger partial charge in [-0.05, 0) is 51.4 Å². The Morgan fingerprint density at radius 2 is 0.671 bits per heavy atom. The third-order valence-electron chi connectivity index (χ3n) is 16.6. The van der Waals surface area contributed by atoms with Crippen molar-refractivity contribution in [3.63, 3.8) is 0 Å². The highest BCUT2D eigenvalue weighted by Gasteiger charge is 2.27. The number of quaternary nitrogens is 1. The molecule has 9 nitrogen and oxygen atoms in total. The lowest BCUT2D eigenvalue weighted by Crippen LogP contribution is -2.37. The molecule has 0 bridgehead atoms. The minimum absolute atomic E-state index is 0.0354. The van der Waals surface area contributed by atoms with Crippen LogP contribution in [0.4, 0.5) is 0 Å². The minimum Gasteiger partial charge on any atom is -0.462 e. The maximum atomic E-state index is 12.9. The van der Waals surface area contributed by atoms with Crippen LogP contribution in [0.3, 0.4) is 0 Å². The quantitative estimate of drug-likeness (QED) is 0.0211. The van der Waals surface area contributed by atoms with Crippen LogP contribution in [0.2, 0.25) is 0 Å². The number of esters is 2. The molecule has 1 N–H and O–H groups in total. The zero-order valence-electron chi connectivity index (χ0n) is 57.1. The summed E-state index contributed by atoms with van der Waals surface area (Å²) in [5, 5.41) is 0. The number of phosphoric acid groups is 1. The number of hydrogen-bond donors (Lipinski definition) is 1. The molecule has 0 amide bonds. The van der Waals surface area contributed by atoms with Crippen LogP contribution in [0.1, 0.15) is 367 Å². The fourth-order valence-electron chi connectivity index (χ4n) is 11.0. The number of phosphoric ester groups is 1. The van der Waals surface area contributed by atoms with Crippen LogP contribution in [0.15, 0.2) is 48.6 Å². The Morgan fingerprint density at radius 3 is 1.00 bits per heavy atom. The number of allylic oxidation sites excluding steroid dienone is 8. The van der Waals surface area contributed by atoms with Gasteiger partial charge in [-0.1, -0.05) is 351 Å². The van der Waals surface area contributed by atoms with Gasteiger partial charge in [0, 0.05) is 12.8 Å². The van der Waals surface area contributed by atoms with Crippen LogP contribution < -0.4 is 0 Å². The van der Waals surface area contributed by atoms with E-state index in [0.29, 0.717) is 23.9 Å². The molecule has 0 aromatic heterocycles. The van der Waals surface area contributed by atoms with Crippen LogP contribution in [0.25, 0.3) is 0 Å². The summed E-state index contributed by atoms with van der Waals surface area (Å²) in [7, 11) is 1.50. The molecule has 2 unspecified atom stereocenters. The highest BCUT2D eigenvalue weighted by Crippen LogP contribution is 2.43. The van der Waals surface area contributed by atoms with Crippen molar-refractivity contribution >= 4 is 19.8 Å². The lowest BCUT2D eigenvalue weighted by atomic mass is 10.0. The van der Waals surface area contributed by atoms with Crippen LogP contribution in [-0.4, -0.2) is 74.9 Å². The molecule has 0 aromatic carbocycles. The number of hydrogen-bond acceptors (Lipinski definition) is 7. The first-order valence-electron chi connectivity index (χ1n) is 36.9. The van der Waals surface area contributed by atoms with Crippen molar-refractivity contribution in [2.24, 2.45) is 0 Å². The number of rotatable bonds is 69. The molecule has 0 aliphatic heterocycles. The van der Waals surface area contributed by atoms with Gasteiger partial charge in [0.05, 0.1) is 27.7 Å². The Balaban J connectivity index is 3.90. The predicted octanol–water partition coefficient (Wildman–Crippen LogP) is 24.0. The molecule has 0 aliphatic rings. The van der Waals surface area contributed by atoms with E-state index < -0.39 is 26.5 Å². The molecule has 0 spiro atoms. The average molecular weight is 1220 g/mol. The fourth-order valence-corrected chi connectivity index (χ4v) is 11.8. The summed E-state index contributed by atoms with van der Waals surface area (Å²) >= 11 is 0. The molecule has 0 rings (SSSR count). The van der Waals surface area contributed by atoms with E-state index in [2.05, 4.69) is 62.5 Å². The average Bonchev–Trinajstić information content (AvgIpc) is 3.50. The molecular weight excluding hydrogens is 1070 g/mol. The molecule has 10 heteroatoms. The zero-order chi connectivity index (χ0) is 61.9. The Labute approximate surface area is 528 Å². The second-order valence-electron chi connectivity index (χ2n) is 26.3. The van der Waals surface area contributed by atoms with E-state index in [1.807, 2.05) is 21.1 Å². The van der Waals surface area contributed by atoms with E-state index in [-0.39, 0.29) is 25.6 Å². The molecule has 0 radical (unpaired) electrons. The molecule has 85 heavy (non-hydrogen) atoms. The zero-order valence-corrected chi connectivity index (χ0v) is 58.0. The number of likely N-dealkylation sites (N-methyl/N-ethyl adjacent to an activating group) is 1. The van der Waals surface area contributed by atoms with E-state index >= 15 is 0 Å². The fraction of sp³-hybridized carbons (Fsp3) is 0.867. The maximum Gasteiger partial charge on any atom is 0.472 e. The molecule has 0 saturated heterocycles. The van der Waals surface area contributed by atoms with Crippen molar-refractivity contribution in [2.75, 3.05) is 47.5 Å². The lowest BCUT2D eigenvalue weighted by molar-refractivity contribution is -0.870. The number of unbranched alkanes of at least 4 members (excludes halogenated alkanes) is 47. The van der Waals surface area contributed by atoms with E-state index in [9.17, 15) is 19.0 Å². The van der Waals surface area contributed by atoms with Crippen molar-refractivity contribution in [1.82, 2.24) is 0 Å². The van der Waals surface area contributed by atoms with Gasteiger partial charge >= 0.3 is 19.8 Å². The van der Waals surface area contributed by atoms with E-state index in [1.165, 1.54) is 276 Å². The summed E-state index contributed by atoms with van der Waals surface area (Å²) in [4.78, 5) is 35.9. The van der Waals surface area contributed by atoms with Crippen molar-refractivity contribution in [1.29, 1.82) is 0 Å². The van der Waals surface area contributed by atoms with E-state index in [0.717, 1.165) is 57.8 Å². The largest absolute Gasteiger partial charge is 0.472 e. The molecule has 0 aliphatic carbocycles. The van der Waals surface area contributed by atoms with Crippen LogP contribution >= 0.6 is 7.82 Å². The number of nitrogens with zero attached hydrogens (tertiary/aromatic N) is 1. The first-order chi connectivity index (χ1) is 41.5. The number of ether oxygens (including phenoxy) is 2. The summed E-state index contributed by atoms with van der Waals surface area (Å²) in [5.74, 6) is -0.772. The molecule has 0 saturated carbocycles. The van der Waals surface area contributed by atoms with Crippen LogP contribution in [0.5, 0.6) is 0 Å². The van der Waals surface area contributed by atoms with Gasteiger partial charge in [-0.15, -0.1) is 0 Å². The van der Waals surface area contributed by atoms with Crippen LogP contribution in [-0.2, 0) is 32.7 Å². The number of carbonyl (C=O) groups is 2. The Bertz CT molecular complexity index is 1570. The smallest absolute Gasteiger partial charge is 0.462 e. The van der Waals surface area contributed by atoms with Gasteiger partial charge < -0.3 is 18.9 Å². The molecule has 500 valence electrons. The maximum absolute atomic E-state index is 12.9. The van der Waals surface area contributed by atoms with Crippen molar-refractivity contribution < 1.29 is 42.1 Å². The van der Waals surface area contributed by atoms with Gasteiger partial charge in [0.2, 0.25) is 0 Å². The topological polar surface area (TPSA) is 108 Å². The molecule has 0 aromatic rings. The van der Waals surface area contributed by atoms with Gasteiger partial charge in [0.15, 0.2) is 6.10 Å². The normalized spacial score (nSPS) is 13.3. The minimum atomic E-state index is -4.39. The second kappa shape index (κ2) is 66.4. The van der Waals surface area contributed by atoms with Crippen LogP contribution in [0, 0.1) is 0 Å². The monoisotopic (exact) mass is 1220 g/mol. The first-order valence-corrected chi connectivity index (χ1v) is 38.4. The number of carbonyl (C=O) groups excluding carboxylic acids is 2. The summed E-state index contributed by atoms with van der Waals surface area (Å²) in [6, 6.07) is 0. The van der Waals surface area contributed by atoms with Gasteiger partial charge in [-0.25, -0.2) is 4.57 Å². The second-order valence-corrected chi connectivity index (χ2v) is 27.8.